The minimum atomic E-state index is -0.0553. The van der Waals surface area contributed by atoms with Gasteiger partial charge in [-0.2, -0.15) is 0 Å². The van der Waals surface area contributed by atoms with Gasteiger partial charge < -0.3 is 10.6 Å². The number of thiophene rings is 1. The second-order valence-electron chi connectivity index (χ2n) is 4.72. The van der Waals surface area contributed by atoms with Crippen LogP contribution in [0.4, 0.5) is 5.69 Å². The van der Waals surface area contributed by atoms with Crippen LogP contribution in [0.5, 0.6) is 0 Å². The summed E-state index contributed by atoms with van der Waals surface area (Å²) in [5.41, 5.74) is 7.71. The van der Waals surface area contributed by atoms with Crippen molar-refractivity contribution >= 4 is 22.9 Å². The first-order chi connectivity index (χ1) is 9.63. The molecule has 2 aromatic rings. The fraction of sp³-hybridized carbons (Fsp3) is 0.312. The van der Waals surface area contributed by atoms with Gasteiger partial charge >= 0.3 is 0 Å². The van der Waals surface area contributed by atoms with E-state index in [-0.39, 0.29) is 12.5 Å². The predicted molar refractivity (Wildman–Crippen MR) is 85.1 cm³/mol. The van der Waals surface area contributed by atoms with Gasteiger partial charge in [-0.3, -0.25) is 4.79 Å². The highest BCUT2D eigenvalue weighted by molar-refractivity contribution is 7.11. The van der Waals surface area contributed by atoms with E-state index in [1.165, 1.54) is 15.3 Å². The molecule has 0 fully saturated rings. The van der Waals surface area contributed by atoms with Gasteiger partial charge in [0.2, 0.25) is 5.91 Å². The zero-order valence-electron chi connectivity index (χ0n) is 11.9. The molecule has 0 radical (unpaired) electrons. The molecule has 20 heavy (non-hydrogen) atoms. The summed E-state index contributed by atoms with van der Waals surface area (Å²) < 4.78 is 0. The van der Waals surface area contributed by atoms with Crippen molar-refractivity contribution < 1.29 is 4.79 Å². The van der Waals surface area contributed by atoms with E-state index in [0.717, 1.165) is 12.1 Å². The van der Waals surface area contributed by atoms with Crippen molar-refractivity contribution in [2.75, 3.05) is 11.4 Å². The molecule has 0 unspecified atom stereocenters. The Kier molecular flexibility index (Phi) is 4.93. The fourth-order valence-electron chi connectivity index (χ4n) is 2.07. The number of amides is 1. The monoisotopic (exact) mass is 288 g/mol. The van der Waals surface area contributed by atoms with Gasteiger partial charge in [0.25, 0.3) is 0 Å². The maximum Gasteiger partial charge on any atom is 0.241 e. The second kappa shape index (κ2) is 6.68. The summed E-state index contributed by atoms with van der Waals surface area (Å²) in [6, 6.07) is 12.2. The molecule has 0 spiro atoms. The Morgan fingerprint density at radius 1 is 1.20 bits per heavy atom. The van der Waals surface area contributed by atoms with E-state index in [1.54, 1.807) is 16.2 Å². The van der Waals surface area contributed by atoms with Crippen LogP contribution in [0, 0.1) is 6.92 Å². The topological polar surface area (TPSA) is 46.3 Å². The quantitative estimate of drug-likeness (QED) is 0.919. The molecule has 3 nitrogen and oxygen atoms in total. The first kappa shape index (κ1) is 14.8. The van der Waals surface area contributed by atoms with E-state index >= 15 is 0 Å². The number of rotatable bonds is 5. The Balaban J connectivity index is 2.24. The number of hydrogen-bond donors (Lipinski definition) is 1. The van der Waals surface area contributed by atoms with E-state index in [9.17, 15) is 4.79 Å². The average Bonchev–Trinajstić information content (AvgIpc) is 2.89. The molecule has 0 aliphatic carbocycles. The third-order valence-corrected chi connectivity index (χ3v) is 4.23. The number of carbonyl (C=O) groups excluding carboxylic acids is 1. The summed E-state index contributed by atoms with van der Waals surface area (Å²) in [5.74, 6) is -0.0553. The number of nitrogens with two attached hydrogens (primary N) is 1. The SMILES string of the molecule is CCc1ccc(N(Cc2ccc(C)s2)C(=O)CN)cc1. The van der Waals surface area contributed by atoms with Crippen molar-refractivity contribution in [3.8, 4) is 0 Å². The number of benzene rings is 1. The Morgan fingerprint density at radius 3 is 2.40 bits per heavy atom. The van der Waals surface area contributed by atoms with Gasteiger partial charge in [0.15, 0.2) is 0 Å². The van der Waals surface area contributed by atoms with Gasteiger partial charge in [-0.15, -0.1) is 11.3 Å². The molecule has 0 saturated heterocycles. The highest BCUT2D eigenvalue weighted by Gasteiger charge is 2.15. The highest BCUT2D eigenvalue weighted by atomic mass is 32.1. The lowest BCUT2D eigenvalue weighted by molar-refractivity contribution is -0.117. The van der Waals surface area contributed by atoms with Crippen LogP contribution >= 0.6 is 11.3 Å². The maximum atomic E-state index is 12.1. The minimum Gasteiger partial charge on any atom is -0.322 e. The van der Waals surface area contributed by atoms with E-state index in [2.05, 4.69) is 38.1 Å². The summed E-state index contributed by atoms with van der Waals surface area (Å²) in [6.45, 7) is 4.80. The Hall–Kier alpha value is -1.65. The molecule has 2 N–H and O–H groups in total. The van der Waals surface area contributed by atoms with Crippen LogP contribution in [0.1, 0.15) is 22.2 Å². The lowest BCUT2D eigenvalue weighted by Crippen LogP contribution is -2.35. The van der Waals surface area contributed by atoms with Crippen molar-refractivity contribution in [3.05, 3.63) is 51.7 Å². The smallest absolute Gasteiger partial charge is 0.241 e. The van der Waals surface area contributed by atoms with Crippen LogP contribution < -0.4 is 10.6 Å². The zero-order valence-corrected chi connectivity index (χ0v) is 12.7. The molecule has 0 aliphatic heterocycles. The summed E-state index contributed by atoms with van der Waals surface area (Å²) in [7, 11) is 0. The lowest BCUT2D eigenvalue weighted by Gasteiger charge is -2.22. The number of aryl methyl sites for hydroxylation is 2. The standard InChI is InChI=1S/C16H20N2OS/c1-3-13-5-7-14(8-6-13)18(16(19)10-17)11-15-9-4-12(2)20-15/h4-9H,3,10-11,17H2,1-2H3. The predicted octanol–water partition coefficient (Wildman–Crippen LogP) is 3.11. The molecule has 1 aromatic heterocycles. The Labute approximate surface area is 124 Å². The molecular formula is C16H20N2OS. The van der Waals surface area contributed by atoms with Crippen LogP contribution in [0.15, 0.2) is 36.4 Å². The van der Waals surface area contributed by atoms with Crippen LogP contribution in [-0.2, 0) is 17.8 Å². The molecule has 1 aromatic carbocycles. The minimum absolute atomic E-state index is 0.0277. The van der Waals surface area contributed by atoms with Crippen molar-refractivity contribution in [1.82, 2.24) is 0 Å². The maximum absolute atomic E-state index is 12.1. The normalized spacial score (nSPS) is 10.6. The summed E-state index contributed by atoms with van der Waals surface area (Å²) in [5, 5.41) is 0. The molecule has 2 rings (SSSR count). The number of nitrogens with zero attached hydrogens (tertiary/aromatic N) is 1. The molecule has 0 atom stereocenters. The van der Waals surface area contributed by atoms with Gasteiger partial charge in [-0.25, -0.2) is 0 Å². The van der Waals surface area contributed by atoms with Gasteiger partial charge in [-0.05, 0) is 43.2 Å². The summed E-state index contributed by atoms with van der Waals surface area (Å²) >= 11 is 1.71. The molecule has 1 amide bonds. The van der Waals surface area contributed by atoms with E-state index in [1.807, 2.05) is 12.1 Å². The zero-order chi connectivity index (χ0) is 14.5. The first-order valence-electron chi connectivity index (χ1n) is 6.78. The first-order valence-corrected chi connectivity index (χ1v) is 7.60. The third kappa shape index (κ3) is 3.46. The van der Waals surface area contributed by atoms with Gasteiger partial charge in [0.1, 0.15) is 0 Å². The number of carbonyl (C=O) groups is 1. The third-order valence-electron chi connectivity index (χ3n) is 3.24. The lowest BCUT2D eigenvalue weighted by atomic mass is 10.1. The van der Waals surface area contributed by atoms with Crippen molar-refractivity contribution in [1.29, 1.82) is 0 Å². The van der Waals surface area contributed by atoms with Gasteiger partial charge in [0, 0.05) is 15.4 Å². The molecule has 0 bridgehead atoms. The van der Waals surface area contributed by atoms with E-state index in [0.29, 0.717) is 6.54 Å². The summed E-state index contributed by atoms with van der Waals surface area (Å²) in [4.78, 5) is 16.3. The average molecular weight is 288 g/mol. The Morgan fingerprint density at radius 2 is 1.90 bits per heavy atom. The number of hydrogen-bond acceptors (Lipinski definition) is 3. The Bertz CT molecular complexity index is 574. The second-order valence-corrected chi connectivity index (χ2v) is 6.09. The molecule has 0 saturated carbocycles. The molecule has 1 heterocycles. The molecule has 4 heteroatoms. The van der Waals surface area contributed by atoms with Crippen LogP contribution in [-0.4, -0.2) is 12.5 Å². The van der Waals surface area contributed by atoms with Crippen LogP contribution in [0.25, 0.3) is 0 Å². The van der Waals surface area contributed by atoms with Crippen molar-refractivity contribution in [2.45, 2.75) is 26.8 Å². The molecule has 0 aliphatic rings. The van der Waals surface area contributed by atoms with Crippen LogP contribution in [0.3, 0.4) is 0 Å². The largest absolute Gasteiger partial charge is 0.322 e. The van der Waals surface area contributed by atoms with Gasteiger partial charge in [0.05, 0.1) is 13.1 Å². The highest BCUT2D eigenvalue weighted by Crippen LogP contribution is 2.22. The fourth-order valence-corrected chi connectivity index (χ4v) is 2.95. The van der Waals surface area contributed by atoms with Crippen molar-refractivity contribution in [3.63, 3.8) is 0 Å². The van der Waals surface area contributed by atoms with E-state index < -0.39 is 0 Å². The molecule has 106 valence electrons. The number of anilines is 1. The molecular weight excluding hydrogens is 268 g/mol. The van der Waals surface area contributed by atoms with Crippen molar-refractivity contribution in [2.24, 2.45) is 5.73 Å². The summed E-state index contributed by atoms with van der Waals surface area (Å²) in [6.07, 6.45) is 0.995. The van der Waals surface area contributed by atoms with Gasteiger partial charge in [-0.1, -0.05) is 19.1 Å². The van der Waals surface area contributed by atoms with Crippen LogP contribution in [0.2, 0.25) is 0 Å². The van der Waals surface area contributed by atoms with E-state index in [4.69, 9.17) is 5.73 Å².